The summed E-state index contributed by atoms with van der Waals surface area (Å²) in [6.07, 6.45) is 1.44. The van der Waals surface area contributed by atoms with Crippen molar-refractivity contribution in [2.24, 2.45) is 5.73 Å². The van der Waals surface area contributed by atoms with Gasteiger partial charge in [0.15, 0.2) is 0 Å². The Kier molecular flexibility index (Phi) is 4.94. The highest BCUT2D eigenvalue weighted by Gasteiger charge is 2.33. The Morgan fingerprint density at radius 1 is 1.28 bits per heavy atom. The number of carbonyl (C=O) groups is 1. The number of piperazine rings is 1. The Morgan fingerprint density at radius 2 is 2.00 bits per heavy atom. The second-order valence-corrected chi connectivity index (χ2v) is 4.95. The van der Waals surface area contributed by atoms with Gasteiger partial charge in [-0.25, -0.2) is 0 Å². The number of ether oxygens (including phenoxy) is 1. The van der Waals surface area contributed by atoms with Crippen LogP contribution >= 0.6 is 0 Å². The van der Waals surface area contributed by atoms with E-state index in [1.807, 2.05) is 4.90 Å². The minimum atomic E-state index is -0.289. The smallest absolute Gasteiger partial charge is 0.251 e. The third kappa shape index (κ3) is 3.20. The maximum atomic E-state index is 12.2. The quantitative estimate of drug-likeness (QED) is 0.649. The lowest BCUT2D eigenvalue weighted by atomic mass is 10.1. The number of aliphatic hydroxyl groups is 1. The van der Waals surface area contributed by atoms with E-state index in [4.69, 9.17) is 15.6 Å². The van der Waals surface area contributed by atoms with Gasteiger partial charge in [-0.05, 0) is 12.8 Å². The van der Waals surface area contributed by atoms with E-state index in [2.05, 4.69) is 4.90 Å². The zero-order valence-corrected chi connectivity index (χ0v) is 10.8. The van der Waals surface area contributed by atoms with Gasteiger partial charge in [0, 0.05) is 39.3 Å². The van der Waals surface area contributed by atoms with E-state index in [0.717, 1.165) is 39.0 Å². The summed E-state index contributed by atoms with van der Waals surface area (Å²) in [4.78, 5) is 16.3. The molecule has 2 heterocycles. The zero-order chi connectivity index (χ0) is 13.0. The minimum Gasteiger partial charge on any atom is -0.395 e. The average Bonchev–Trinajstić information content (AvgIpc) is 2.88. The molecule has 104 valence electrons. The molecule has 2 atom stereocenters. The Morgan fingerprint density at radius 3 is 2.56 bits per heavy atom. The Balaban J connectivity index is 1.77. The number of nitrogens with two attached hydrogens (primary N) is 1. The lowest BCUT2D eigenvalue weighted by Gasteiger charge is -2.35. The van der Waals surface area contributed by atoms with Gasteiger partial charge in [-0.1, -0.05) is 0 Å². The summed E-state index contributed by atoms with van der Waals surface area (Å²) in [6.45, 7) is 4.49. The fourth-order valence-electron chi connectivity index (χ4n) is 2.60. The normalized spacial score (nSPS) is 29.8. The number of rotatable bonds is 4. The van der Waals surface area contributed by atoms with E-state index < -0.39 is 0 Å². The second-order valence-electron chi connectivity index (χ2n) is 4.95. The van der Waals surface area contributed by atoms with E-state index >= 15 is 0 Å². The topological polar surface area (TPSA) is 79.0 Å². The molecule has 0 spiro atoms. The summed E-state index contributed by atoms with van der Waals surface area (Å²) >= 11 is 0. The van der Waals surface area contributed by atoms with Crippen LogP contribution in [0.3, 0.4) is 0 Å². The van der Waals surface area contributed by atoms with E-state index in [0.29, 0.717) is 13.1 Å². The molecule has 2 aliphatic heterocycles. The molecule has 0 aromatic carbocycles. The summed E-state index contributed by atoms with van der Waals surface area (Å²) in [6, 6.07) is 0. The van der Waals surface area contributed by atoms with Crippen LogP contribution in [0.25, 0.3) is 0 Å². The Bertz CT molecular complexity index is 280. The number of hydrogen-bond acceptors (Lipinski definition) is 5. The maximum absolute atomic E-state index is 12.2. The van der Waals surface area contributed by atoms with Crippen LogP contribution in [0.5, 0.6) is 0 Å². The van der Waals surface area contributed by atoms with Crippen molar-refractivity contribution in [2.75, 3.05) is 45.9 Å². The zero-order valence-electron chi connectivity index (χ0n) is 10.8. The molecule has 0 aromatic heterocycles. The predicted molar refractivity (Wildman–Crippen MR) is 67.1 cm³/mol. The van der Waals surface area contributed by atoms with Crippen molar-refractivity contribution in [3.63, 3.8) is 0 Å². The van der Waals surface area contributed by atoms with Crippen molar-refractivity contribution in [1.29, 1.82) is 0 Å². The molecule has 3 N–H and O–H groups in total. The molecule has 0 saturated carbocycles. The molecule has 2 rings (SSSR count). The van der Waals surface area contributed by atoms with Crippen molar-refractivity contribution in [1.82, 2.24) is 9.80 Å². The third-order valence-corrected chi connectivity index (χ3v) is 3.75. The van der Waals surface area contributed by atoms with E-state index in [-0.39, 0.29) is 24.7 Å². The number of carbonyl (C=O) groups excluding carboxylic acids is 1. The first-order valence-electron chi connectivity index (χ1n) is 6.72. The highest BCUT2D eigenvalue weighted by Crippen LogP contribution is 2.21. The highest BCUT2D eigenvalue weighted by atomic mass is 16.5. The molecule has 6 nitrogen and oxygen atoms in total. The first kappa shape index (κ1) is 13.7. The standard InChI is InChI=1S/C12H23N3O3/c13-9-10-1-2-11(18-10)12(17)15-5-3-14(4-6-15)7-8-16/h10-11,16H,1-9,13H2/t10-,11+/m1/s1. The summed E-state index contributed by atoms with van der Waals surface area (Å²) in [5.41, 5.74) is 5.55. The molecule has 0 bridgehead atoms. The lowest BCUT2D eigenvalue weighted by molar-refractivity contribution is -0.144. The van der Waals surface area contributed by atoms with Crippen molar-refractivity contribution < 1.29 is 14.6 Å². The lowest BCUT2D eigenvalue weighted by Crippen LogP contribution is -2.51. The molecule has 1 amide bonds. The summed E-state index contributed by atoms with van der Waals surface area (Å²) < 4.78 is 5.63. The molecule has 6 heteroatoms. The van der Waals surface area contributed by atoms with Gasteiger partial charge in [-0.3, -0.25) is 9.69 Å². The number of hydrogen-bond donors (Lipinski definition) is 2. The van der Waals surface area contributed by atoms with Crippen LogP contribution in [0, 0.1) is 0 Å². The molecule has 0 unspecified atom stereocenters. The molecule has 2 saturated heterocycles. The molecule has 0 radical (unpaired) electrons. The van der Waals surface area contributed by atoms with Gasteiger partial charge in [0.05, 0.1) is 12.7 Å². The van der Waals surface area contributed by atoms with E-state index in [1.165, 1.54) is 0 Å². The summed E-state index contributed by atoms with van der Waals surface area (Å²) in [7, 11) is 0. The van der Waals surface area contributed by atoms with Gasteiger partial charge in [0.2, 0.25) is 0 Å². The fraction of sp³-hybridized carbons (Fsp3) is 0.917. The van der Waals surface area contributed by atoms with Gasteiger partial charge < -0.3 is 20.5 Å². The third-order valence-electron chi connectivity index (χ3n) is 3.75. The molecule has 2 aliphatic rings. The summed E-state index contributed by atoms with van der Waals surface area (Å²) in [5, 5.41) is 8.87. The Labute approximate surface area is 108 Å². The SMILES string of the molecule is NC[C@H]1CC[C@@H](C(=O)N2CCN(CCO)CC2)O1. The van der Waals surface area contributed by atoms with Crippen molar-refractivity contribution >= 4 is 5.91 Å². The van der Waals surface area contributed by atoms with Crippen LogP contribution in [-0.4, -0.2) is 78.9 Å². The van der Waals surface area contributed by atoms with Crippen LogP contribution < -0.4 is 5.73 Å². The minimum absolute atomic E-state index is 0.0506. The highest BCUT2D eigenvalue weighted by molar-refractivity contribution is 5.81. The molecule has 2 fully saturated rings. The first-order valence-corrected chi connectivity index (χ1v) is 6.72. The van der Waals surface area contributed by atoms with Crippen LogP contribution in [0.15, 0.2) is 0 Å². The fourth-order valence-corrected chi connectivity index (χ4v) is 2.60. The summed E-state index contributed by atoms with van der Waals surface area (Å²) in [5.74, 6) is 0.106. The Hall–Kier alpha value is -0.690. The predicted octanol–water partition coefficient (Wildman–Crippen LogP) is -1.37. The van der Waals surface area contributed by atoms with E-state index in [1.54, 1.807) is 0 Å². The number of β-amino-alcohol motifs (C(OH)–C–C–N with tert-alkyl or cyclic N) is 1. The van der Waals surface area contributed by atoms with Crippen LogP contribution in [0.4, 0.5) is 0 Å². The van der Waals surface area contributed by atoms with Gasteiger partial charge >= 0.3 is 0 Å². The number of nitrogens with zero attached hydrogens (tertiary/aromatic N) is 2. The van der Waals surface area contributed by atoms with Gasteiger partial charge in [-0.15, -0.1) is 0 Å². The first-order chi connectivity index (χ1) is 8.74. The van der Waals surface area contributed by atoms with Gasteiger partial charge in [0.25, 0.3) is 5.91 Å². The second kappa shape index (κ2) is 6.47. The average molecular weight is 257 g/mol. The molecule has 0 aromatic rings. The molecule has 18 heavy (non-hydrogen) atoms. The molecular weight excluding hydrogens is 234 g/mol. The molecule has 0 aliphatic carbocycles. The van der Waals surface area contributed by atoms with Gasteiger partial charge in [0.1, 0.15) is 6.10 Å². The van der Waals surface area contributed by atoms with Crippen molar-refractivity contribution in [3.8, 4) is 0 Å². The number of amides is 1. The van der Waals surface area contributed by atoms with Crippen LogP contribution in [-0.2, 0) is 9.53 Å². The number of aliphatic hydroxyl groups excluding tert-OH is 1. The molecular formula is C12H23N3O3. The largest absolute Gasteiger partial charge is 0.395 e. The van der Waals surface area contributed by atoms with Crippen molar-refractivity contribution in [2.45, 2.75) is 25.0 Å². The van der Waals surface area contributed by atoms with E-state index in [9.17, 15) is 4.79 Å². The van der Waals surface area contributed by atoms with Gasteiger partial charge in [-0.2, -0.15) is 0 Å². The monoisotopic (exact) mass is 257 g/mol. The van der Waals surface area contributed by atoms with Crippen LogP contribution in [0.1, 0.15) is 12.8 Å². The maximum Gasteiger partial charge on any atom is 0.251 e. The van der Waals surface area contributed by atoms with Crippen molar-refractivity contribution in [3.05, 3.63) is 0 Å². The van der Waals surface area contributed by atoms with Crippen LogP contribution in [0.2, 0.25) is 0 Å².